The quantitative estimate of drug-likeness (QED) is 0.389. The number of azide groups is 1. The lowest BCUT2D eigenvalue weighted by molar-refractivity contribution is -0.136. The largest absolute Gasteiger partial charge is 0.497 e. The Labute approximate surface area is 114 Å². The van der Waals surface area contributed by atoms with Crippen molar-refractivity contribution in [1.82, 2.24) is 0 Å². The summed E-state index contributed by atoms with van der Waals surface area (Å²) in [5.41, 5.74) is 8.77. The summed E-state index contributed by atoms with van der Waals surface area (Å²) in [5.74, 6) is -0.641. The summed E-state index contributed by atoms with van der Waals surface area (Å²) in [5, 5.41) is 31.8. The van der Waals surface area contributed by atoms with Crippen LogP contribution in [0, 0.1) is 0 Å². The van der Waals surface area contributed by atoms with Crippen molar-refractivity contribution in [2.24, 2.45) is 5.11 Å². The molecule has 0 aliphatic carbocycles. The molecule has 0 spiro atoms. The summed E-state index contributed by atoms with van der Waals surface area (Å²) in [6.07, 6.45) is -3.00. The average Bonchev–Trinajstić information content (AvgIpc) is 2.43. The van der Waals surface area contributed by atoms with Crippen LogP contribution in [0.3, 0.4) is 0 Å². The number of methoxy groups -OCH3 is 1. The number of carboxylic acids is 1. The molecule has 0 amide bonds. The van der Waals surface area contributed by atoms with Gasteiger partial charge in [0.2, 0.25) is 0 Å². The molecule has 8 nitrogen and oxygen atoms in total. The van der Waals surface area contributed by atoms with E-state index in [1.807, 2.05) is 0 Å². The van der Waals surface area contributed by atoms with Crippen LogP contribution >= 0.6 is 0 Å². The molecule has 0 saturated heterocycles. The van der Waals surface area contributed by atoms with E-state index >= 15 is 0 Å². The molecule has 0 radical (unpaired) electrons. The highest BCUT2D eigenvalue weighted by molar-refractivity contribution is 5.71. The van der Waals surface area contributed by atoms with Crippen molar-refractivity contribution in [2.75, 3.05) is 13.7 Å². The van der Waals surface area contributed by atoms with Gasteiger partial charge < -0.3 is 20.1 Å². The predicted molar refractivity (Wildman–Crippen MR) is 69.3 cm³/mol. The maximum Gasteiger partial charge on any atom is 0.307 e. The van der Waals surface area contributed by atoms with Gasteiger partial charge in [-0.1, -0.05) is 11.2 Å². The second-order valence-corrected chi connectivity index (χ2v) is 4.06. The molecule has 20 heavy (non-hydrogen) atoms. The Kier molecular flexibility index (Phi) is 5.79. The second-order valence-electron chi connectivity index (χ2n) is 4.06. The first kappa shape index (κ1) is 15.8. The van der Waals surface area contributed by atoms with E-state index < -0.39 is 18.2 Å². The number of hydrogen-bond acceptors (Lipinski definition) is 5. The summed E-state index contributed by atoms with van der Waals surface area (Å²) in [7, 11) is 1.43. The molecule has 2 atom stereocenters. The molecule has 0 heterocycles. The van der Waals surface area contributed by atoms with E-state index in [1.54, 1.807) is 6.07 Å². The van der Waals surface area contributed by atoms with Crippen LogP contribution in [0.25, 0.3) is 10.4 Å². The Hall–Kier alpha value is -2.28. The van der Waals surface area contributed by atoms with Gasteiger partial charge in [-0.25, -0.2) is 0 Å². The van der Waals surface area contributed by atoms with Gasteiger partial charge in [-0.3, -0.25) is 4.79 Å². The van der Waals surface area contributed by atoms with Gasteiger partial charge in [0.1, 0.15) is 11.9 Å². The lowest BCUT2D eigenvalue weighted by Gasteiger charge is -2.19. The normalized spacial score (nSPS) is 13.2. The van der Waals surface area contributed by atoms with Crippen molar-refractivity contribution in [3.8, 4) is 5.75 Å². The van der Waals surface area contributed by atoms with Crippen molar-refractivity contribution in [1.29, 1.82) is 0 Å². The monoisotopic (exact) mass is 281 g/mol. The number of aliphatic hydroxyl groups excluding tert-OH is 2. The van der Waals surface area contributed by atoms with Gasteiger partial charge in [0.15, 0.2) is 0 Å². The average molecular weight is 281 g/mol. The fraction of sp³-hybridized carbons (Fsp3) is 0.417. The summed E-state index contributed by atoms with van der Waals surface area (Å²) in [4.78, 5) is 13.3. The Morgan fingerprint density at radius 3 is 2.75 bits per heavy atom. The molecular formula is C12H15N3O5. The Morgan fingerprint density at radius 2 is 2.20 bits per heavy atom. The molecule has 1 rings (SSSR count). The first-order valence-electron chi connectivity index (χ1n) is 5.75. The molecular weight excluding hydrogens is 266 g/mol. The van der Waals surface area contributed by atoms with Crippen LogP contribution in [0.2, 0.25) is 0 Å². The molecule has 2 unspecified atom stereocenters. The minimum absolute atomic E-state index is 0.229. The van der Waals surface area contributed by atoms with Gasteiger partial charge in [-0.2, -0.15) is 0 Å². The van der Waals surface area contributed by atoms with Crippen LogP contribution in [0.5, 0.6) is 5.75 Å². The van der Waals surface area contributed by atoms with Gasteiger partial charge in [0, 0.05) is 4.91 Å². The lowest BCUT2D eigenvalue weighted by Crippen LogP contribution is -2.22. The Morgan fingerprint density at radius 1 is 1.50 bits per heavy atom. The van der Waals surface area contributed by atoms with Crippen LogP contribution in [-0.4, -0.2) is 41.0 Å². The van der Waals surface area contributed by atoms with Crippen LogP contribution in [-0.2, 0) is 11.2 Å². The zero-order chi connectivity index (χ0) is 15.1. The molecule has 0 aromatic heterocycles. The van der Waals surface area contributed by atoms with E-state index in [9.17, 15) is 15.0 Å². The molecule has 0 saturated carbocycles. The van der Waals surface area contributed by atoms with Gasteiger partial charge in [0.05, 0.1) is 26.2 Å². The van der Waals surface area contributed by atoms with Gasteiger partial charge in [-0.15, -0.1) is 0 Å². The number of carbonyl (C=O) groups is 1. The summed E-state index contributed by atoms with van der Waals surface area (Å²) in [6, 6.07) is 4.52. The maximum atomic E-state index is 10.8. The standard InChI is InChI=1S/C12H15N3O5/c1-20-8-3-2-7(4-11(17)18)9(5-8)12(19)10(16)6-14-15-13/h2-3,5,10,12,16,19H,4,6H2,1H3,(H,17,18). The highest BCUT2D eigenvalue weighted by atomic mass is 16.5. The number of ether oxygens (including phenoxy) is 1. The van der Waals surface area contributed by atoms with E-state index in [-0.39, 0.29) is 18.5 Å². The van der Waals surface area contributed by atoms with Crippen LogP contribution in [0.15, 0.2) is 23.3 Å². The molecule has 0 aliphatic rings. The summed E-state index contributed by atoms with van der Waals surface area (Å²) < 4.78 is 5.00. The van der Waals surface area contributed by atoms with Crippen molar-refractivity contribution >= 4 is 5.97 Å². The minimum Gasteiger partial charge on any atom is -0.497 e. The highest BCUT2D eigenvalue weighted by Crippen LogP contribution is 2.26. The zero-order valence-corrected chi connectivity index (χ0v) is 10.8. The van der Waals surface area contributed by atoms with Gasteiger partial charge in [-0.05, 0) is 28.8 Å². The van der Waals surface area contributed by atoms with Gasteiger partial charge >= 0.3 is 5.97 Å². The molecule has 0 fully saturated rings. The summed E-state index contributed by atoms with van der Waals surface area (Å²) >= 11 is 0. The van der Waals surface area contributed by atoms with Crippen molar-refractivity contribution in [3.63, 3.8) is 0 Å². The van der Waals surface area contributed by atoms with E-state index in [2.05, 4.69) is 10.0 Å². The molecule has 1 aromatic carbocycles. The highest BCUT2D eigenvalue weighted by Gasteiger charge is 2.22. The first-order valence-corrected chi connectivity index (χ1v) is 5.75. The predicted octanol–water partition coefficient (Wildman–Crippen LogP) is 1.03. The Bertz CT molecular complexity index is 528. The van der Waals surface area contributed by atoms with Gasteiger partial charge in [0.25, 0.3) is 0 Å². The minimum atomic E-state index is -1.37. The summed E-state index contributed by atoms with van der Waals surface area (Å²) in [6.45, 7) is -0.318. The number of benzene rings is 1. The van der Waals surface area contributed by atoms with Crippen LogP contribution in [0.1, 0.15) is 17.2 Å². The third-order valence-corrected chi connectivity index (χ3v) is 2.71. The number of aliphatic hydroxyl groups is 2. The molecule has 0 aliphatic heterocycles. The Balaban J connectivity index is 3.10. The third kappa shape index (κ3) is 4.13. The molecule has 1 aromatic rings. The number of carboxylic acid groups (broad SMARTS) is 1. The lowest BCUT2D eigenvalue weighted by atomic mass is 9.96. The van der Waals surface area contributed by atoms with Crippen molar-refractivity contribution in [2.45, 2.75) is 18.6 Å². The van der Waals surface area contributed by atoms with E-state index in [0.717, 1.165) is 0 Å². The molecule has 0 bridgehead atoms. The number of nitrogens with zero attached hydrogens (tertiary/aromatic N) is 3. The molecule has 8 heteroatoms. The topological polar surface area (TPSA) is 136 Å². The first-order chi connectivity index (χ1) is 9.49. The zero-order valence-electron chi connectivity index (χ0n) is 10.8. The maximum absolute atomic E-state index is 10.8. The van der Waals surface area contributed by atoms with E-state index in [0.29, 0.717) is 11.3 Å². The van der Waals surface area contributed by atoms with Crippen LogP contribution in [0.4, 0.5) is 0 Å². The second kappa shape index (κ2) is 7.34. The fourth-order valence-electron chi connectivity index (χ4n) is 1.73. The third-order valence-electron chi connectivity index (χ3n) is 2.71. The number of hydrogen-bond donors (Lipinski definition) is 3. The molecule has 3 N–H and O–H groups in total. The fourth-order valence-corrected chi connectivity index (χ4v) is 1.73. The van der Waals surface area contributed by atoms with E-state index in [1.165, 1.54) is 19.2 Å². The number of aliphatic carboxylic acids is 1. The van der Waals surface area contributed by atoms with Crippen LogP contribution < -0.4 is 4.74 Å². The number of rotatable bonds is 7. The SMILES string of the molecule is COc1ccc(CC(=O)O)c(C(O)C(O)CN=[N+]=[N-])c1. The molecule has 108 valence electrons. The smallest absolute Gasteiger partial charge is 0.307 e. The van der Waals surface area contributed by atoms with Crippen molar-refractivity contribution < 1.29 is 24.9 Å². The van der Waals surface area contributed by atoms with E-state index in [4.69, 9.17) is 15.4 Å². The van der Waals surface area contributed by atoms with Crippen molar-refractivity contribution in [3.05, 3.63) is 39.8 Å².